The molecule has 0 radical (unpaired) electrons. The summed E-state index contributed by atoms with van der Waals surface area (Å²) in [6, 6.07) is 18.0. The van der Waals surface area contributed by atoms with E-state index in [1.165, 1.54) is 35.8 Å². The molecule has 2 heterocycles. The van der Waals surface area contributed by atoms with Gasteiger partial charge in [0.25, 0.3) is 5.91 Å². The zero-order valence-electron chi connectivity index (χ0n) is 21.4. The van der Waals surface area contributed by atoms with Crippen LogP contribution in [0.5, 0.6) is 0 Å². The van der Waals surface area contributed by atoms with Gasteiger partial charge in [-0.2, -0.15) is 0 Å². The molecule has 0 unspecified atom stereocenters. The standard InChI is InChI=1S/C29H34FN3O3/c1-29(2,3)22-13-11-21(12-14-22)27-25-10-7-15-31(25)16-17-33(27)26(34)20-32(18-19-36-4)28(35)23-8-5-6-9-24(23)30/h5-15,27H,16-20H2,1-4H3/t27-/m1/s1. The molecule has 190 valence electrons. The number of rotatable bonds is 7. The predicted molar refractivity (Wildman–Crippen MR) is 137 cm³/mol. The number of amides is 2. The molecule has 0 spiro atoms. The Kier molecular flexibility index (Phi) is 7.59. The van der Waals surface area contributed by atoms with E-state index in [9.17, 15) is 14.0 Å². The Hall–Kier alpha value is -3.45. The van der Waals surface area contributed by atoms with Crippen LogP contribution in [0.15, 0.2) is 66.9 Å². The van der Waals surface area contributed by atoms with Crippen molar-refractivity contribution in [3.63, 3.8) is 0 Å². The molecular weight excluding hydrogens is 457 g/mol. The van der Waals surface area contributed by atoms with Crippen LogP contribution in [0.3, 0.4) is 0 Å². The fourth-order valence-corrected chi connectivity index (χ4v) is 4.68. The Morgan fingerprint density at radius 2 is 1.75 bits per heavy atom. The van der Waals surface area contributed by atoms with E-state index in [2.05, 4.69) is 49.6 Å². The Labute approximate surface area is 212 Å². The molecule has 2 aromatic carbocycles. The van der Waals surface area contributed by atoms with Crippen molar-refractivity contribution in [2.75, 3.05) is 33.4 Å². The third-order valence-corrected chi connectivity index (χ3v) is 6.73. The highest BCUT2D eigenvalue weighted by Gasteiger charge is 2.34. The molecule has 7 heteroatoms. The molecule has 6 nitrogen and oxygen atoms in total. The first kappa shape index (κ1) is 25.6. The Morgan fingerprint density at radius 3 is 2.42 bits per heavy atom. The average molecular weight is 492 g/mol. The van der Waals surface area contributed by atoms with Gasteiger partial charge >= 0.3 is 0 Å². The smallest absolute Gasteiger partial charge is 0.257 e. The van der Waals surface area contributed by atoms with Gasteiger partial charge in [0.15, 0.2) is 0 Å². The van der Waals surface area contributed by atoms with Crippen LogP contribution in [0.2, 0.25) is 0 Å². The summed E-state index contributed by atoms with van der Waals surface area (Å²) in [5, 5.41) is 0. The van der Waals surface area contributed by atoms with Gasteiger partial charge in [-0.3, -0.25) is 9.59 Å². The SMILES string of the molecule is COCCN(CC(=O)N1CCn2cccc2[C@H]1c1ccc(C(C)(C)C)cc1)C(=O)c1ccccc1F. The van der Waals surface area contributed by atoms with Crippen molar-refractivity contribution in [3.05, 3.63) is 95.1 Å². The van der Waals surface area contributed by atoms with Gasteiger partial charge in [0.2, 0.25) is 5.91 Å². The fraction of sp³-hybridized carbons (Fsp3) is 0.379. The second kappa shape index (κ2) is 10.7. The van der Waals surface area contributed by atoms with Gasteiger partial charge in [0, 0.05) is 38.6 Å². The molecule has 1 aliphatic heterocycles. The second-order valence-electron chi connectivity index (χ2n) is 10.2. The molecule has 4 rings (SSSR count). The van der Waals surface area contributed by atoms with Gasteiger partial charge in [-0.25, -0.2) is 4.39 Å². The minimum atomic E-state index is -0.606. The number of fused-ring (bicyclic) bond motifs is 1. The van der Waals surface area contributed by atoms with Crippen molar-refractivity contribution in [1.82, 2.24) is 14.4 Å². The van der Waals surface area contributed by atoms with Crippen LogP contribution in [0.25, 0.3) is 0 Å². The number of carbonyl (C=O) groups is 2. The summed E-state index contributed by atoms with van der Waals surface area (Å²) in [6.07, 6.45) is 2.03. The quantitative estimate of drug-likeness (QED) is 0.484. The van der Waals surface area contributed by atoms with E-state index in [0.29, 0.717) is 13.1 Å². The number of carbonyl (C=O) groups excluding carboxylic acids is 2. The normalized spacial score (nSPS) is 15.5. The number of ether oxygens (including phenoxy) is 1. The molecule has 0 aliphatic carbocycles. The summed E-state index contributed by atoms with van der Waals surface area (Å²) in [4.78, 5) is 30.1. The van der Waals surface area contributed by atoms with Crippen molar-refractivity contribution in [2.45, 2.75) is 38.8 Å². The van der Waals surface area contributed by atoms with E-state index < -0.39 is 11.7 Å². The van der Waals surface area contributed by atoms with Crippen LogP contribution < -0.4 is 0 Å². The minimum Gasteiger partial charge on any atom is -0.383 e. The van der Waals surface area contributed by atoms with E-state index in [0.717, 1.165) is 11.3 Å². The first-order valence-electron chi connectivity index (χ1n) is 12.3. The summed E-state index contributed by atoms with van der Waals surface area (Å²) in [6.45, 7) is 7.97. The van der Waals surface area contributed by atoms with E-state index in [1.807, 2.05) is 23.2 Å². The van der Waals surface area contributed by atoms with Gasteiger partial charge in [-0.1, -0.05) is 57.2 Å². The summed E-state index contributed by atoms with van der Waals surface area (Å²) in [5.74, 6) is -1.32. The molecule has 0 saturated heterocycles. The van der Waals surface area contributed by atoms with E-state index in [-0.39, 0.29) is 42.6 Å². The van der Waals surface area contributed by atoms with Crippen molar-refractivity contribution in [1.29, 1.82) is 0 Å². The minimum absolute atomic E-state index is 0.0236. The van der Waals surface area contributed by atoms with Gasteiger partial charge < -0.3 is 19.1 Å². The number of nitrogens with zero attached hydrogens (tertiary/aromatic N) is 3. The molecule has 1 aromatic heterocycles. The van der Waals surface area contributed by atoms with Crippen LogP contribution >= 0.6 is 0 Å². The lowest BCUT2D eigenvalue weighted by Gasteiger charge is -2.38. The molecule has 36 heavy (non-hydrogen) atoms. The molecule has 0 bridgehead atoms. The summed E-state index contributed by atoms with van der Waals surface area (Å²) >= 11 is 0. The van der Waals surface area contributed by atoms with E-state index >= 15 is 0 Å². The van der Waals surface area contributed by atoms with E-state index in [1.54, 1.807) is 6.07 Å². The van der Waals surface area contributed by atoms with Gasteiger partial charge in [0.05, 0.1) is 18.2 Å². The lowest BCUT2D eigenvalue weighted by Crippen LogP contribution is -2.48. The number of hydrogen-bond donors (Lipinski definition) is 0. The zero-order valence-corrected chi connectivity index (χ0v) is 21.4. The van der Waals surface area contributed by atoms with Crippen molar-refractivity contribution >= 4 is 11.8 Å². The van der Waals surface area contributed by atoms with Crippen molar-refractivity contribution in [3.8, 4) is 0 Å². The number of halogens is 1. The van der Waals surface area contributed by atoms with Crippen LogP contribution in [0, 0.1) is 5.82 Å². The second-order valence-corrected chi connectivity index (χ2v) is 10.2. The molecule has 0 N–H and O–H groups in total. The number of methoxy groups -OCH3 is 1. The summed E-state index contributed by atoms with van der Waals surface area (Å²) in [5.41, 5.74) is 3.23. The highest BCUT2D eigenvalue weighted by molar-refractivity contribution is 5.96. The predicted octanol–water partition coefficient (Wildman–Crippen LogP) is 4.65. The lowest BCUT2D eigenvalue weighted by atomic mass is 9.86. The monoisotopic (exact) mass is 491 g/mol. The first-order valence-corrected chi connectivity index (χ1v) is 12.3. The average Bonchev–Trinajstić information content (AvgIpc) is 3.34. The van der Waals surface area contributed by atoms with Crippen LogP contribution in [0.4, 0.5) is 4.39 Å². The maximum atomic E-state index is 14.4. The van der Waals surface area contributed by atoms with Gasteiger partial charge in [0.1, 0.15) is 12.4 Å². The highest BCUT2D eigenvalue weighted by Crippen LogP contribution is 2.34. The molecular formula is C29H34FN3O3. The summed E-state index contributed by atoms with van der Waals surface area (Å²) < 4.78 is 21.7. The van der Waals surface area contributed by atoms with Gasteiger partial charge in [-0.05, 0) is 40.8 Å². The molecule has 0 saturated carbocycles. The van der Waals surface area contributed by atoms with Crippen molar-refractivity contribution in [2.24, 2.45) is 0 Å². The first-order chi connectivity index (χ1) is 17.2. The van der Waals surface area contributed by atoms with Crippen LogP contribution in [0.1, 0.15) is 54.0 Å². The molecule has 1 aliphatic rings. The highest BCUT2D eigenvalue weighted by atomic mass is 19.1. The number of benzene rings is 2. The largest absolute Gasteiger partial charge is 0.383 e. The fourth-order valence-electron chi connectivity index (χ4n) is 4.68. The molecule has 3 aromatic rings. The van der Waals surface area contributed by atoms with Crippen LogP contribution in [-0.2, 0) is 21.5 Å². The maximum Gasteiger partial charge on any atom is 0.257 e. The molecule has 1 atom stereocenters. The number of aromatic nitrogens is 1. The van der Waals surface area contributed by atoms with Gasteiger partial charge in [-0.15, -0.1) is 0 Å². The lowest BCUT2D eigenvalue weighted by molar-refractivity contribution is -0.134. The van der Waals surface area contributed by atoms with E-state index in [4.69, 9.17) is 4.74 Å². The van der Waals surface area contributed by atoms with Crippen molar-refractivity contribution < 1.29 is 18.7 Å². The third-order valence-electron chi connectivity index (χ3n) is 6.73. The Bertz CT molecular complexity index is 1210. The Morgan fingerprint density at radius 1 is 1.03 bits per heavy atom. The number of hydrogen-bond acceptors (Lipinski definition) is 3. The molecule has 0 fully saturated rings. The molecule has 2 amide bonds. The summed E-state index contributed by atoms with van der Waals surface area (Å²) in [7, 11) is 1.53. The third kappa shape index (κ3) is 5.36. The zero-order chi connectivity index (χ0) is 25.9. The topological polar surface area (TPSA) is 54.8 Å². The maximum absolute atomic E-state index is 14.4. The Balaban J connectivity index is 1.63. The van der Waals surface area contributed by atoms with Crippen LogP contribution in [-0.4, -0.2) is 59.5 Å².